The van der Waals surface area contributed by atoms with E-state index in [9.17, 15) is 10.1 Å². The molecule has 0 amide bonds. The van der Waals surface area contributed by atoms with E-state index in [1.807, 2.05) is 43.0 Å². The molecule has 21 heavy (non-hydrogen) atoms. The van der Waals surface area contributed by atoms with Gasteiger partial charge in [0.05, 0.1) is 4.92 Å². The molecule has 0 atom stereocenters. The van der Waals surface area contributed by atoms with Crippen molar-refractivity contribution >= 4 is 23.0 Å². The summed E-state index contributed by atoms with van der Waals surface area (Å²) in [5.41, 5.74) is 1.98. The zero-order valence-electron chi connectivity index (χ0n) is 12.3. The monoisotopic (exact) mass is 286 g/mol. The van der Waals surface area contributed by atoms with Crippen molar-refractivity contribution in [3.8, 4) is 0 Å². The molecule has 6 heteroatoms. The number of anilines is 3. The Morgan fingerprint density at radius 3 is 2.67 bits per heavy atom. The van der Waals surface area contributed by atoms with Crippen molar-refractivity contribution in [1.82, 2.24) is 4.98 Å². The molecule has 0 saturated carbocycles. The van der Waals surface area contributed by atoms with Crippen LogP contribution in [0.15, 0.2) is 36.4 Å². The average molecular weight is 286 g/mol. The smallest absolute Gasteiger partial charge is 0.312 e. The lowest BCUT2D eigenvalue weighted by molar-refractivity contribution is -0.384. The molecule has 0 aliphatic carbocycles. The minimum atomic E-state index is -0.403. The third-order valence-electron chi connectivity index (χ3n) is 3.19. The molecule has 2 aromatic rings. The van der Waals surface area contributed by atoms with Crippen LogP contribution in [-0.4, -0.2) is 23.5 Å². The van der Waals surface area contributed by atoms with Crippen LogP contribution < -0.4 is 10.2 Å². The molecule has 1 aromatic carbocycles. The molecule has 0 aliphatic rings. The maximum absolute atomic E-state index is 11.3. The first-order chi connectivity index (χ1) is 10.1. The van der Waals surface area contributed by atoms with Gasteiger partial charge in [0.1, 0.15) is 5.82 Å². The highest BCUT2D eigenvalue weighted by Crippen LogP contribution is 2.33. The van der Waals surface area contributed by atoms with Crippen molar-refractivity contribution in [3.05, 3.63) is 52.1 Å². The number of rotatable bonds is 5. The lowest BCUT2D eigenvalue weighted by Gasteiger charge is -2.22. The maximum Gasteiger partial charge on any atom is 0.312 e. The van der Waals surface area contributed by atoms with Crippen LogP contribution in [0, 0.1) is 17.0 Å². The van der Waals surface area contributed by atoms with Gasteiger partial charge in [-0.2, -0.15) is 0 Å². The summed E-state index contributed by atoms with van der Waals surface area (Å²) in [6, 6.07) is 10.9. The van der Waals surface area contributed by atoms with Gasteiger partial charge in [0, 0.05) is 25.3 Å². The van der Waals surface area contributed by atoms with E-state index in [1.165, 1.54) is 6.07 Å². The average Bonchev–Trinajstić information content (AvgIpc) is 2.47. The lowest BCUT2D eigenvalue weighted by Crippen LogP contribution is -2.19. The van der Waals surface area contributed by atoms with Crippen LogP contribution in [0.25, 0.3) is 0 Å². The summed E-state index contributed by atoms with van der Waals surface area (Å²) in [4.78, 5) is 17.1. The van der Waals surface area contributed by atoms with E-state index >= 15 is 0 Å². The van der Waals surface area contributed by atoms with E-state index in [-0.39, 0.29) is 5.69 Å². The third kappa shape index (κ3) is 3.10. The first-order valence-electron chi connectivity index (χ1n) is 6.74. The van der Waals surface area contributed by atoms with Crippen LogP contribution in [0.5, 0.6) is 0 Å². The fourth-order valence-corrected chi connectivity index (χ4v) is 2.17. The number of nitro groups is 1. The number of pyridine rings is 1. The highest BCUT2D eigenvalue weighted by Gasteiger charge is 2.22. The molecule has 0 bridgehead atoms. The largest absolute Gasteiger partial charge is 0.373 e. The highest BCUT2D eigenvalue weighted by molar-refractivity contribution is 5.70. The van der Waals surface area contributed by atoms with Crippen molar-refractivity contribution < 1.29 is 4.92 Å². The molecule has 0 spiro atoms. The number of benzene rings is 1. The quantitative estimate of drug-likeness (QED) is 0.673. The number of nitrogens with one attached hydrogen (secondary N) is 1. The van der Waals surface area contributed by atoms with Crippen molar-refractivity contribution in [2.75, 3.05) is 23.8 Å². The summed E-state index contributed by atoms with van der Waals surface area (Å²) >= 11 is 0. The number of nitrogens with zero attached hydrogens (tertiary/aromatic N) is 3. The lowest BCUT2D eigenvalue weighted by atomic mass is 10.2. The van der Waals surface area contributed by atoms with E-state index < -0.39 is 4.92 Å². The minimum Gasteiger partial charge on any atom is -0.373 e. The van der Waals surface area contributed by atoms with E-state index in [0.29, 0.717) is 18.2 Å². The molecule has 110 valence electrons. The van der Waals surface area contributed by atoms with Gasteiger partial charge < -0.3 is 10.2 Å². The molecule has 0 radical (unpaired) electrons. The Hall–Kier alpha value is -2.63. The number of aryl methyl sites for hydroxylation is 1. The fraction of sp³-hybridized carbons (Fsp3) is 0.267. The first kappa shape index (κ1) is 14.8. The number of hydrogen-bond donors (Lipinski definition) is 1. The molecule has 1 heterocycles. The summed E-state index contributed by atoms with van der Waals surface area (Å²) in [5.74, 6) is 0.946. The number of aromatic nitrogens is 1. The van der Waals surface area contributed by atoms with Gasteiger partial charge in [0.15, 0.2) is 0 Å². The summed E-state index contributed by atoms with van der Waals surface area (Å²) in [6.45, 7) is 4.52. The van der Waals surface area contributed by atoms with Crippen molar-refractivity contribution in [1.29, 1.82) is 0 Å². The molecule has 1 aromatic heterocycles. The van der Waals surface area contributed by atoms with Gasteiger partial charge >= 0.3 is 5.69 Å². The Kier molecular flexibility index (Phi) is 4.37. The van der Waals surface area contributed by atoms with Crippen LogP contribution >= 0.6 is 0 Å². The molecule has 0 saturated heterocycles. The summed E-state index contributed by atoms with van der Waals surface area (Å²) in [7, 11) is 1.74. The van der Waals surface area contributed by atoms with Gasteiger partial charge in [0.25, 0.3) is 0 Å². The topological polar surface area (TPSA) is 71.3 Å². The van der Waals surface area contributed by atoms with Crippen molar-refractivity contribution in [3.63, 3.8) is 0 Å². The predicted octanol–water partition coefficient (Wildman–Crippen LogP) is 3.50. The Bertz CT molecular complexity index is 658. The van der Waals surface area contributed by atoms with E-state index in [2.05, 4.69) is 10.3 Å². The Morgan fingerprint density at radius 1 is 1.33 bits per heavy atom. The maximum atomic E-state index is 11.3. The summed E-state index contributed by atoms with van der Waals surface area (Å²) < 4.78 is 0. The van der Waals surface area contributed by atoms with Crippen LogP contribution in [0.4, 0.5) is 23.0 Å². The first-order valence-corrected chi connectivity index (χ1v) is 6.74. The summed E-state index contributed by atoms with van der Waals surface area (Å²) in [6.07, 6.45) is 0. The van der Waals surface area contributed by atoms with Crippen LogP contribution in [0.2, 0.25) is 0 Å². The Labute approximate surface area is 123 Å². The van der Waals surface area contributed by atoms with Crippen LogP contribution in [0.1, 0.15) is 12.5 Å². The molecule has 2 rings (SSSR count). The standard InChI is InChI=1S/C15H18N4O2/c1-4-18(12-7-5-6-11(2)10-12)15-13(19(20)21)8-9-14(16-3)17-15/h5-10H,4H2,1-3H3,(H,16,17). The van der Waals surface area contributed by atoms with E-state index in [0.717, 1.165) is 11.3 Å². The second kappa shape index (κ2) is 6.21. The van der Waals surface area contributed by atoms with Gasteiger partial charge in [-0.1, -0.05) is 12.1 Å². The van der Waals surface area contributed by atoms with E-state index in [4.69, 9.17) is 0 Å². The zero-order valence-corrected chi connectivity index (χ0v) is 12.3. The zero-order chi connectivity index (χ0) is 15.4. The Morgan fingerprint density at radius 2 is 2.10 bits per heavy atom. The second-order valence-corrected chi connectivity index (χ2v) is 4.63. The van der Waals surface area contributed by atoms with Gasteiger partial charge in [-0.25, -0.2) is 4.98 Å². The molecule has 0 fully saturated rings. The molecule has 1 N–H and O–H groups in total. The van der Waals surface area contributed by atoms with Gasteiger partial charge in [-0.05, 0) is 37.6 Å². The van der Waals surface area contributed by atoms with Crippen molar-refractivity contribution in [2.24, 2.45) is 0 Å². The second-order valence-electron chi connectivity index (χ2n) is 4.63. The van der Waals surface area contributed by atoms with Gasteiger partial charge in [0.2, 0.25) is 5.82 Å². The fourth-order valence-electron chi connectivity index (χ4n) is 2.17. The molecule has 0 unspecified atom stereocenters. The SMILES string of the molecule is CCN(c1cccc(C)c1)c1nc(NC)ccc1[N+](=O)[O-]. The third-order valence-corrected chi connectivity index (χ3v) is 3.19. The van der Waals surface area contributed by atoms with Crippen molar-refractivity contribution in [2.45, 2.75) is 13.8 Å². The summed E-state index contributed by atoms with van der Waals surface area (Å²) in [5, 5.41) is 14.2. The predicted molar refractivity (Wildman–Crippen MR) is 84.3 cm³/mol. The van der Waals surface area contributed by atoms with E-state index in [1.54, 1.807) is 13.1 Å². The Balaban J connectivity index is 2.57. The van der Waals surface area contributed by atoms with Gasteiger partial charge in [-0.15, -0.1) is 0 Å². The molecular weight excluding hydrogens is 268 g/mol. The van der Waals surface area contributed by atoms with Crippen LogP contribution in [-0.2, 0) is 0 Å². The highest BCUT2D eigenvalue weighted by atomic mass is 16.6. The molecule has 6 nitrogen and oxygen atoms in total. The normalized spacial score (nSPS) is 10.2. The van der Waals surface area contributed by atoms with Gasteiger partial charge in [-0.3, -0.25) is 10.1 Å². The minimum absolute atomic E-state index is 0.00245. The van der Waals surface area contributed by atoms with Crippen LogP contribution in [0.3, 0.4) is 0 Å². The molecule has 0 aliphatic heterocycles. The number of hydrogen-bond acceptors (Lipinski definition) is 5. The molecular formula is C15H18N4O2.